The molecule has 0 bridgehead atoms. The van der Waals surface area contributed by atoms with E-state index in [1.807, 2.05) is 5.32 Å². The molecular formula is C10H9F3N2O3. The van der Waals surface area contributed by atoms with Crippen molar-refractivity contribution in [2.45, 2.75) is 12.3 Å². The topological polar surface area (TPSA) is 92.4 Å². The highest BCUT2D eigenvalue weighted by molar-refractivity contribution is 6.08. The molecule has 1 unspecified atom stereocenters. The lowest BCUT2D eigenvalue weighted by molar-refractivity contribution is -0.138. The average molecular weight is 262 g/mol. The third-order valence-electron chi connectivity index (χ3n) is 2.00. The molecule has 18 heavy (non-hydrogen) atoms. The van der Waals surface area contributed by atoms with Gasteiger partial charge in [0.05, 0.1) is 5.56 Å². The van der Waals surface area contributed by atoms with E-state index in [1.54, 1.807) is 0 Å². The summed E-state index contributed by atoms with van der Waals surface area (Å²) in [6.45, 7) is 0. The largest absolute Gasteiger partial charge is 0.416 e. The monoisotopic (exact) mass is 262 g/mol. The van der Waals surface area contributed by atoms with Gasteiger partial charge in [0.1, 0.15) is 0 Å². The highest BCUT2D eigenvalue weighted by atomic mass is 19.4. The molecule has 0 saturated heterocycles. The zero-order chi connectivity index (χ0) is 13.9. The van der Waals surface area contributed by atoms with Crippen LogP contribution in [0.3, 0.4) is 0 Å². The Morgan fingerprint density at radius 1 is 1.22 bits per heavy atom. The third-order valence-corrected chi connectivity index (χ3v) is 2.00. The number of hydrogen-bond donors (Lipinski definition) is 3. The smallest absolute Gasteiger partial charge is 0.375 e. The molecule has 1 atom stereocenters. The van der Waals surface area contributed by atoms with E-state index >= 15 is 0 Å². The molecule has 0 aliphatic carbocycles. The Morgan fingerprint density at radius 2 is 1.72 bits per heavy atom. The molecule has 1 aromatic rings. The molecule has 0 aliphatic heterocycles. The molecule has 0 aromatic heterocycles. The number of halogens is 3. The molecule has 0 spiro atoms. The lowest BCUT2D eigenvalue weighted by Gasteiger charge is -2.10. The van der Waals surface area contributed by atoms with E-state index < -0.39 is 29.7 Å². The highest BCUT2D eigenvalue weighted by Gasteiger charge is 2.30. The number of carbonyl (C=O) groups is 2. The minimum atomic E-state index is -4.48. The minimum Gasteiger partial charge on any atom is -0.375 e. The molecule has 5 nitrogen and oxygen atoms in total. The van der Waals surface area contributed by atoms with E-state index in [1.165, 1.54) is 0 Å². The summed E-state index contributed by atoms with van der Waals surface area (Å²) in [7, 11) is 0. The molecule has 0 heterocycles. The van der Waals surface area contributed by atoms with Crippen molar-refractivity contribution in [1.82, 2.24) is 0 Å². The quantitative estimate of drug-likeness (QED) is 0.692. The van der Waals surface area contributed by atoms with Crippen LogP contribution in [0.4, 0.5) is 18.9 Å². The maximum absolute atomic E-state index is 12.2. The van der Waals surface area contributed by atoms with Gasteiger partial charge in [0, 0.05) is 5.69 Å². The summed E-state index contributed by atoms with van der Waals surface area (Å²) in [5.74, 6) is -2.36. The fourth-order valence-electron chi connectivity index (χ4n) is 1.08. The van der Waals surface area contributed by atoms with Gasteiger partial charge in [-0.25, -0.2) is 0 Å². The van der Waals surface area contributed by atoms with Crippen LogP contribution in [0.2, 0.25) is 0 Å². The first kappa shape index (κ1) is 14.0. The normalized spacial score (nSPS) is 12.9. The number of nitrogens with two attached hydrogens (primary N) is 1. The van der Waals surface area contributed by atoms with Crippen molar-refractivity contribution in [1.29, 1.82) is 0 Å². The van der Waals surface area contributed by atoms with Crippen LogP contribution >= 0.6 is 0 Å². The van der Waals surface area contributed by atoms with Crippen LogP contribution in [0, 0.1) is 0 Å². The van der Waals surface area contributed by atoms with E-state index in [9.17, 15) is 22.8 Å². The van der Waals surface area contributed by atoms with Crippen molar-refractivity contribution in [3.8, 4) is 0 Å². The van der Waals surface area contributed by atoms with Crippen molar-refractivity contribution in [2.24, 2.45) is 5.73 Å². The number of aliphatic hydroxyl groups excluding tert-OH is 1. The zero-order valence-corrected chi connectivity index (χ0v) is 8.86. The highest BCUT2D eigenvalue weighted by Crippen LogP contribution is 2.29. The van der Waals surface area contributed by atoms with Crippen molar-refractivity contribution >= 4 is 17.5 Å². The van der Waals surface area contributed by atoms with Crippen LogP contribution in [0.15, 0.2) is 24.3 Å². The second-order valence-electron chi connectivity index (χ2n) is 3.37. The van der Waals surface area contributed by atoms with E-state index in [0.717, 1.165) is 24.3 Å². The van der Waals surface area contributed by atoms with Gasteiger partial charge in [0.2, 0.25) is 6.10 Å². The number of anilines is 1. The molecule has 0 radical (unpaired) electrons. The van der Waals surface area contributed by atoms with Gasteiger partial charge < -0.3 is 16.2 Å². The standard InChI is InChI=1S/C10H9F3N2O3/c11-10(12,13)5-1-3-6(4-2-5)15-9(18)7(16)8(14)17/h1-4,7,16H,(H2,14,17)(H,15,18). The third kappa shape index (κ3) is 3.45. The number of alkyl halides is 3. The van der Waals surface area contributed by atoms with Crippen molar-refractivity contribution in [3.05, 3.63) is 29.8 Å². The van der Waals surface area contributed by atoms with Gasteiger partial charge in [0.25, 0.3) is 11.8 Å². The average Bonchev–Trinajstić information content (AvgIpc) is 2.27. The van der Waals surface area contributed by atoms with Gasteiger partial charge in [-0.05, 0) is 24.3 Å². The fraction of sp³-hybridized carbons (Fsp3) is 0.200. The summed E-state index contributed by atoms with van der Waals surface area (Å²) in [6.07, 6.45) is -6.53. The Hall–Kier alpha value is -2.09. The van der Waals surface area contributed by atoms with Crippen LogP contribution in [0.25, 0.3) is 0 Å². The number of benzene rings is 1. The zero-order valence-electron chi connectivity index (χ0n) is 8.86. The van der Waals surface area contributed by atoms with Gasteiger partial charge in [-0.2, -0.15) is 13.2 Å². The number of nitrogens with one attached hydrogen (secondary N) is 1. The Labute approximate surface area is 99.4 Å². The van der Waals surface area contributed by atoms with Crippen LogP contribution in [0.1, 0.15) is 5.56 Å². The maximum atomic E-state index is 12.2. The number of primary amides is 1. The van der Waals surface area contributed by atoms with Gasteiger partial charge in [-0.3, -0.25) is 9.59 Å². The van der Waals surface area contributed by atoms with Crippen LogP contribution in [0.5, 0.6) is 0 Å². The number of carbonyl (C=O) groups excluding carboxylic acids is 2. The number of aliphatic hydroxyl groups is 1. The molecule has 1 aromatic carbocycles. The summed E-state index contributed by atoms with van der Waals surface area (Å²) < 4.78 is 36.7. The van der Waals surface area contributed by atoms with Crippen molar-refractivity contribution in [2.75, 3.05) is 5.32 Å². The predicted octanol–water partition coefficient (Wildman–Crippen LogP) is 0.490. The molecule has 98 valence electrons. The lowest BCUT2D eigenvalue weighted by Crippen LogP contribution is -2.39. The Balaban J connectivity index is 2.76. The van der Waals surface area contributed by atoms with Gasteiger partial charge in [0.15, 0.2) is 0 Å². The van der Waals surface area contributed by atoms with Gasteiger partial charge in [-0.15, -0.1) is 0 Å². The molecule has 2 amide bonds. The predicted molar refractivity (Wildman–Crippen MR) is 55.3 cm³/mol. The summed E-state index contributed by atoms with van der Waals surface area (Å²) in [4.78, 5) is 21.6. The summed E-state index contributed by atoms with van der Waals surface area (Å²) in [5.41, 5.74) is 3.80. The second-order valence-corrected chi connectivity index (χ2v) is 3.37. The summed E-state index contributed by atoms with van der Waals surface area (Å²) >= 11 is 0. The summed E-state index contributed by atoms with van der Waals surface area (Å²) in [5, 5.41) is 11.0. The first-order chi connectivity index (χ1) is 8.21. The van der Waals surface area contributed by atoms with Crippen molar-refractivity contribution < 1.29 is 27.9 Å². The fourth-order valence-corrected chi connectivity index (χ4v) is 1.08. The van der Waals surface area contributed by atoms with E-state index in [-0.39, 0.29) is 5.69 Å². The molecular weight excluding hydrogens is 253 g/mol. The summed E-state index contributed by atoms with van der Waals surface area (Å²) in [6, 6.07) is 3.50. The molecule has 0 aliphatic rings. The van der Waals surface area contributed by atoms with Crippen LogP contribution in [-0.4, -0.2) is 23.0 Å². The van der Waals surface area contributed by atoms with E-state index in [0.29, 0.717) is 0 Å². The Kier molecular flexibility index (Phi) is 3.92. The Bertz CT molecular complexity index is 456. The number of hydrogen-bond acceptors (Lipinski definition) is 3. The lowest BCUT2D eigenvalue weighted by atomic mass is 10.2. The van der Waals surface area contributed by atoms with Gasteiger partial charge in [-0.1, -0.05) is 0 Å². The SMILES string of the molecule is NC(=O)C(O)C(=O)Nc1ccc(C(F)(F)F)cc1. The number of rotatable bonds is 3. The van der Waals surface area contributed by atoms with Crippen LogP contribution < -0.4 is 11.1 Å². The molecule has 0 fully saturated rings. The first-order valence-corrected chi connectivity index (χ1v) is 4.67. The second kappa shape index (κ2) is 5.05. The molecule has 0 saturated carbocycles. The van der Waals surface area contributed by atoms with E-state index in [2.05, 4.69) is 5.73 Å². The van der Waals surface area contributed by atoms with E-state index in [4.69, 9.17) is 5.11 Å². The molecule has 8 heteroatoms. The first-order valence-electron chi connectivity index (χ1n) is 4.67. The number of amides is 2. The van der Waals surface area contributed by atoms with Crippen LogP contribution in [-0.2, 0) is 15.8 Å². The van der Waals surface area contributed by atoms with Gasteiger partial charge >= 0.3 is 6.18 Å². The minimum absolute atomic E-state index is 0.00769. The molecule has 4 N–H and O–H groups in total. The van der Waals surface area contributed by atoms with Crippen molar-refractivity contribution in [3.63, 3.8) is 0 Å². The maximum Gasteiger partial charge on any atom is 0.416 e. The molecule has 1 rings (SSSR count). The Morgan fingerprint density at radius 3 is 2.11 bits per heavy atom.